The van der Waals surface area contributed by atoms with E-state index in [4.69, 9.17) is 10.4 Å². The number of nitriles is 1. The lowest BCUT2D eigenvalue weighted by Gasteiger charge is -2.19. The lowest BCUT2D eigenvalue weighted by molar-refractivity contribution is -0.135. The standard InChI is InChI=1S/C11H12N2O2/c1-8-3-4-9(6-12)5-10(8)13(2)7-11(14)15/h3-5H,7H2,1-2H3,(H,14,15). The number of nitrogens with zero attached hydrogens (tertiary/aromatic N) is 2. The van der Waals surface area contributed by atoms with E-state index in [1.54, 1.807) is 24.1 Å². The van der Waals surface area contributed by atoms with Gasteiger partial charge in [0.25, 0.3) is 0 Å². The van der Waals surface area contributed by atoms with Crippen LogP contribution in [0.3, 0.4) is 0 Å². The van der Waals surface area contributed by atoms with Crippen molar-refractivity contribution in [3.05, 3.63) is 29.3 Å². The van der Waals surface area contributed by atoms with E-state index in [9.17, 15) is 4.79 Å². The van der Waals surface area contributed by atoms with Crippen molar-refractivity contribution in [2.45, 2.75) is 6.92 Å². The molecule has 15 heavy (non-hydrogen) atoms. The Morgan fingerprint density at radius 2 is 2.27 bits per heavy atom. The molecule has 78 valence electrons. The number of aryl methyl sites for hydroxylation is 1. The fraction of sp³-hybridized carbons (Fsp3) is 0.273. The Kier molecular flexibility index (Phi) is 3.29. The van der Waals surface area contributed by atoms with Gasteiger partial charge in [-0.05, 0) is 24.6 Å². The molecular formula is C11H12N2O2. The highest BCUT2D eigenvalue weighted by Crippen LogP contribution is 2.19. The summed E-state index contributed by atoms with van der Waals surface area (Å²) >= 11 is 0. The van der Waals surface area contributed by atoms with E-state index in [0.717, 1.165) is 11.3 Å². The SMILES string of the molecule is Cc1ccc(C#N)cc1N(C)CC(=O)O. The molecule has 0 aliphatic rings. The second-order valence-electron chi connectivity index (χ2n) is 3.36. The Morgan fingerprint density at radius 1 is 1.60 bits per heavy atom. The van der Waals surface area contributed by atoms with E-state index in [2.05, 4.69) is 0 Å². The molecule has 1 rings (SSSR count). The van der Waals surface area contributed by atoms with E-state index in [1.807, 2.05) is 19.1 Å². The molecule has 1 aromatic carbocycles. The van der Waals surface area contributed by atoms with E-state index < -0.39 is 5.97 Å². The summed E-state index contributed by atoms with van der Waals surface area (Å²) in [6.45, 7) is 1.81. The zero-order chi connectivity index (χ0) is 11.4. The highest BCUT2D eigenvalue weighted by Gasteiger charge is 2.08. The zero-order valence-corrected chi connectivity index (χ0v) is 8.69. The van der Waals surface area contributed by atoms with Gasteiger partial charge in [-0.25, -0.2) is 0 Å². The smallest absolute Gasteiger partial charge is 0.323 e. The first kappa shape index (κ1) is 11.1. The number of carboxylic acid groups (broad SMARTS) is 1. The normalized spacial score (nSPS) is 9.40. The number of carboxylic acids is 1. The van der Waals surface area contributed by atoms with E-state index in [-0.39, 0.29) is 6.54 Å². The third-order valence-corrected chi connectivity index (χ3v) is 2.12. The van der Waals surface area contributed by atoms with Gasteiger partial charge in [0.2, 0.25) is 0 Å². The van der Waals surface area contributed by atoms with Crippen LogP contribution in [0.25, 0.3) is 0 Å². The predicted octanol–water partition coefficient (Wildman–Crippen LogP) is 1.39. The van der Waals surface area contributed by atoms with Crippen LogP contribution >= 0.6 is 0 Å². The van der Waals surface area contributed by atoms with Crippen molar-refractivity contribution in [1.29, 1.82) is 5.26 Å². The summed E-state index contributed by atoms with van der Waals surface area (Å²) in [5, 5.41) is 17.4. The molecule has 0 bridgehead atoms. The number of hydrogen-bond acceptors (Lipinski definition) is 3. The molecule has 0 heterocycles. The van der Waals surface area contributed by atoms with Gasteiger partial charge < -0.3 is 10.0 Å². The average molecular weight is 204 g/mol. The Hall–Kier alpha value is -2.02. The van der Waals surface area contributed by atoms with Crippen LogP contribution in [-0.4, -0.2) is 24.7 Å². The van der Waals surface area contributed by atoms with Gasteiger partial charge in [-0.1, -0.05) is 6.07 Å². The molecular weight excluding hydrogens is 192 g/mol. The maximum atomic E-state index is 10.5. The largest absolute Gasteiger partial charge is 0.480 e. The van der Waals surface area contributed by atoms with Crippen LogP contribution in [0.15, 0.2) is 18.2 Å². The zero-order valence-electron chi connectivity index (χ0n) is 8.69. The molecule has 0 unspecified atom stereocenters. The molecule has 0 amide bonds. The fourth-order valence-electron chi connectivity index (χ4n) is 1.38. The first-order valence-electron chi connectivity index (χ1n) is 4.48. The maximum absolute atomic E-state index is 10.5. The Bertz CT molecular complexity index is 421. The molecule has 0 fully saturated rings. The molecule has 0 spiro atoms. The first-order chi connectivity index (χ1) is 7.04. The summed E-state index contributed by atoms with van der Waals surface area (Å²) in [6, 6.07) is 7.25. The lowest BCUT2D eigenvalue weighted by atomic mass is 10.1. The van der Waals surface area contributed by atoms with Crippen LogP contribution in [0.4, 0.5) is 5.69 Å². The third kappa shape index (κ3) is 2.71. The Morgan fingerprint density at radius 3 is 2.80 bits per heavy atom. The third-order valence-electron chi connectivity index (χ3n) is 2.12. The molecule has 0 saturated carbocycles. The number of carbonyl (C=O) groups is 1. The molecule has 0 saturated heterocycles. The van der Waals surface area contributed by atoms with Gasteiger partial charge in [-0.2, -0.15) is 5.26 Å². The number of anilines is 1. The Balaban J connectivity index is 3.02. The van der Waals surface area contributed by atoms with Crippen LogP contribution in [0.5, 0.6) is 0 Å². The number of aliphatic carboxylic acids is 1. The van der Waals surface area contributed by atoms with Gasteiger partial charge >= 0.3 is 5.97 Å². The molecule has 1 N–H and O–H groups in total. The summed E-state index contributed by atoms with van der Waals surface area (Å²) in [7, 11) is 1.69. The minimum atomic E-state index is -0.890. The molecule has 0 aliphatic heterocycles. The molecule has 4 nitrogen and oxygen atoms in total. The van der Waals surface area contributed by atoms with Gasteiger partial charge in [0.15, 0.2) is 0 Å². The topological polar surface area (TPSA) is 64.3 Å². The minimum Gasteiger partial charge on any atom is -0.480 e. The van der Waals surface area contributed by atoms with Crippen molar-refractivity contribution in [3.8, 4) is 6.07 Å². The van der Waals surface area contributed by atoms with Crippen LogP contribution < -0.4 is 4.90 Å². The number of benzene rings is 1. The molecule has 0 atom stereocenters. The monoisotopic (exact) mass is 204 g/mol. The lowest BCUT2D eigenvalue weighted by Crippen LogP contribution is -2.25. The van der Waals surface area contributed by atoms with Gasteiger partial charge in [-0.3, -0.25) is 4.79 Å². The average Bonchev–Trinajstić information content (AvgIpc) is 2.17. The molecule has 0 aliphatic carbocycles. The number of hydrogen-bond donors (Lipinski definition) is 1. The van der Waals surface area contributed by atoms with Crippen molar-refractivity contribution in [3.63, 3.8) is 0 Å². The fourth-order valence-corrected chi connectivity index (χ4v) is 1.38. The maximum Gasteiger partial charge on any atom is 0.323 e. The van der Waals surface area contributed by atoms with Crippen LogP contribution in [0.1, 0.15) is 11.1 Å². The molecule has 0 radical (unpaired) electrons. The first-order valence-corrected chi connectivity index (χ1v) is 4.48. The van der Waals surface area contributed by atoms with Crippen LogP contribution in [0.2, 0.25) is 0 Å². The summed E-state index contributed by atoms with van der Waals surface area (Å²) in [4.78, 5) is 12.2. The number of likely N-dealkylation sites (N-methyl/N-ethyl adjacent to an activating group) is 1. The van der Waals surface area contributed by atoms with Crippen LogP contribution in [-0.2, 0) is 4.79 Å². The summed E-state index contributed by atoms with van der Waals surface area (Å²) in [6.07, 6.45) is 0. The predicted molar refractivity (Wildman–Crippen MR) is 56.8 cm³/mol. The van der Waals surface area contributed by atoms with E-state index >= 15 is 0 Å². The van der Waals surface area contributed by atoms with Crippen LogP contribution in [0, 0.1) is 18.3 Å². The van der Waals surface area contributed by atoms with Crippen molar-refractivity contribution in [2.75, 3.05) is 18.5 Å². The van der Waals surface area contributed by atoms with Gasteiger partial charge in [0.1, 0.15) is 6.54 Å². The number of rotatable bonds is 3. The van der Waals surface area contributed by atoms with Crippen molar-refractivity contribution < 1.29 is 9.90 Å². The van der Waals surface area contributed by atoms with Crippen molar-refractivity contribution in [1.82, 2.24) is 0 Å². The van der Waals surface area contributed by atoms with Gasteiger partial charge in [-0.15, -0.1) is 0 Å². The summed E-state index contributed by atoms with van der Waals surface area (Å²) in [5.74, 6) is -0.890. The Labute approximate surface area is 88.4 Å². The van der Waals surface area contributed by atoms with Gasteiger partial charge in [0.05, 0.1) is 11.6 Å². The second kappa shape index (κ2) is 4.47. The van der Waals surface area contributed by atoms with E-state index in [0.29, 0.717) is 5.56 Å². The van der Waals surface area contributed by atoms with Crippen molar-refractivity contribution in [2.24, 2.45) is 0 Å². The summed E-state index contributed by atoms with van der Waals surface area (Å²) in [5.41, 5.74) is 2.27. The molecule has 4 heteroatoms. The molecule has 0 aromatic heterocycles. The highest BCUT2D eigenvalue weighted by molar-refractivity contribution is 5.74. The minimum absolute atomic E-state index is 0.0737. The quantitative estimate of drug-likeness (QED) is 0.808. The van der Waals surface area contributed by atoms with Gasteiger partial charge in [0, 0.05) is 12.7 Å². The molecule has 1 aromatic rings. The van der Waals surface area contributed by atoms with E-state index in [1.165, 1.54) is 0 Å². The summed E-state index contributed by atoms with van der Waals surface area (Å²) < 4.78 is 0. The van der Waals surface area contributed by atoms with Crippen molar-refractivity contribution >= 4 is 11.7 Å². The second-order valence-corrected chi connectivity index (χ2v) is 3.36. The highest BCUT2D eigenvalue weighted by atomic mass is 16.4.